The third kappa shape index (κ3) is 4.00. The summed E-state index contributed by atoms with van der Waals surface area (Å²) in [5.74, 6) is -0.289. The summed E-state index contributed by atoms with van der Waals surface area (Å²) in [5.41, 5.74) is 5.83. The third-order valence-electron chi connectivity index (χ3n) is 3.18. The number of halogens is 2. The average Bonchev–Trinajstić information content (AvgIpc) is 2.35. The number of carbonyl (C=O) groups is 1. The highest BCUT2D eigenvalue weighted by atomic mass is 35.5. The molecule has 1 atom stereocenters. The minimum atomic E-state index is -0.466. The van der Waals surface area contributed by atoms with E-state index in [1.807, 2.05) is 13.8 Å². The second kappa shape index (κ2) is 6.46. The summed E-state index contributed by atoms with van der Waals surface area (Å²) in [6.07, 6.45) is 1.18. The standard InChI is InChI=1S/C13H18Cl2N2O2/c1-3-13(2,4-5-18)17-12(19)8-6-9(14)11(15)10(16)7-8/h6-7,18H,3-5,16H2,1-2H3,(H,17,19). The number of nitrogens with one attached hydrogen (secondary N) is 1. The Bertz CT molecular complexity index is 457. The molecule has 106 valence electrons. The Morgan fingerprint density at radius 2 is 2.11 bits per heavy atom. The smallest absolute Gasteiger partial charge is 0.251 e. The van der Waals surface area contributed by atoms with Gasteiger partial charge in [-0.1, -0.05) is 30.1 Å². The lowest BCUT2D eigenvalue weighted by Crippen LogP contribution is -2.46. The van der Waals surface area contributed by atoms with Gasteiger partial charge in [0.15, 0.2) is 0 Å². The number of amides is 1. The Hall–Kier alpha value is -0.970. The van der Waals surface area contributed by atoms with Crippen LogP contribution >= 0.6 is 23.2 Å². The molecule has 1 amide bonds. The molecule has 1 aromatic rings. The summed E-state index contributed by atoms with van der Waals surface area (Å²) in [7, 11) is 0. The molecule has 0 saturated carbocycles. The maximum absolute atomic E-state index is 12.2. The zero-order valence-corrected chi connectivity index (χ0v) is 12.5. The second-order valence-electron chi connectivity index (χ2n) is 4.70. The quantitative estimate of drug-likeness (QED) is 0.732. The molecule has 0 aliphatic carbocycles. The number of aliphatic hydroxyl groups excluding tert-OH is 1. The van der Waals surface area contributed by atoms with E-state index in [2.05, 4.69) is 5.32 Å². The van der Waals surface area contributed by atoms with Crippen LogP contribution in [0.15, 0.2) is 12.1 Å². The summed E-state index contributed by atoms with van der Waals surface area (Å²) in [5, 5.41) is 12.4. The van der Waals surface area contributed by atoms with Gasteiger partial charge in [0, 0.05) is 17.7 Å². The molecule has 0 aromatic heterocycles. The summed E-state index contributed by atoms with van der Waals surface area (Å²) in [6.45, 7) is 3.83. The predicted molar refractivity (Wildman–Crippen MR) is 78.7 cm³/mol. The van der Waals surface area contributed by atoms with Crippen LogP contribution in [0.2, 0.25) is 10.0 Å². The van der Waals surface area contributed by atoms with Crippen molar-refractivity contribution in [1.82, 2.24) is 5.32 Å². The van der Waals surface area contributed by atoms with Crippen molar-refractivity contribution < 1.29 is 9.90 Å². The molecule has 0 aliphatic rings. The molecule has 1 unspecified atom stereocenters. The molecule has 0 aliphatic heterocycles. The zero-order valence-electron chi connectivity index (χ0n) is 11.0. The molecule has 19 heavy (non-hydrogen) atoms. The van der Waals surface area contributed by atoms with Crippen molar-refractivity contribution in [3.05, 3.63) is 27.7 Å². The summed E-state index contributed by atoms with van der Waals surface area (Å²) < 4.78 is 0. The molecule has 1 rings (SSSR count). The first-order valence-electron chi connectivity index (χ1n) is 6.01. The van der Waals surface area contributed by atoms with Crippen molar-refractivity contribution >= 4 is 34.8 Å². The van der Waals surface area contributed by atoms with Gasteiger partial charge < -0.3 is 16.2 Å². The van der Waals surface area contributed by atoms with Gasteiger partial charge in [0.1, 0.15) is 0 Å². The molecule has 4 nitrogen and oxygen atoms in total. The maximum Gasteiger partial charge on any atom is 0.251 e. The Balaban J connectivity index is 2.95. The van der Waals surface area contributed by atoms with Crippen LogP contribution in [0.1, 0.15) is 37.0 Å². The predicted octanol–water partition coefficient (Wildman–Crippen LogP) is 2.86. The molecular formula is C13H18Cl2N2O2. The van der Waals surface area contributed by atoms with Crippen LogP contribution in [0.25, 0.3) is 0 Å². The second-order valence-corrected chi connectivity index (χ2v) is 5.49. The van der Waals surface area contributed by atoms with E-state index < -0.39 is 5.54 Å². The SMILES string of the molecule is CCC(C)(CCO)NC(=O)c1cc(N)c(Cl)c(Cl)c1. The lowest BCUT2D eigenvalue weighted by Gasteiger charge is -2.29. The molecule has 6 heteroatoms. The number of nitrogen functional groups attached to an aromatic ring is 1. The number of aliphatic hydroxyl groups is 1. The van der Waals surface area contributed by atoms with Crippen LogP contribution in [-0.2, 0) is 0 Å². The number of benzene rings is 1. The first kappa shape index (κ1) is 16.1. The number of carbonyl (C=O) groups excluding carboxylic acids is 1. The zero-order chi connectivity index (χ0) is 14.6. The van der Waals surface area contributed by atoms with E-state index in [-0.39, 0.29) is 28.2 Å². The Morgan fingerprint density at radius 3 is 2.58 bits per heavy atom. The van der Waals surface area contributed by atoms with Gasteiger partial charge >= 0.3 is 0 Å². The van der Waals surface area contributed by atoms with E-state index in [0.717, 1.165) is 0 Å². The first-order chi connectivity index (χ1) is 8.83. The first-order valence-corrected chi connectivity index (χ1v) is 6.76. The fourth-order valence-electron chi connectivity index (χ4n) is 1.66. The fourth-order valence-corrected chi connectivity index (χ4v) is 2.00. The van der Waals surface area contributed by atoms with Crippen molar-refractivity contribution in [2.75, 3.05) is 12.3 Å². The minimum absolute atomic E-state index is 0.00807. The van der Waals surface area contributed by atoms with Gasteiger partial charge in [0.05, 0.1) is 15.7 Å². The molecule has 0 bridgehead atoms. The van der Waals surface area contributed by atoms with Crippen molar-refractivity contribution in [3.63, 3.8) is 0 Å². The number of nitrogens with two attached hydrogens (primary N) is 1. The summed E-state index contributed by atoms with van der Waals surface area (Å²) in [6, 6.07) is 2.96. The fraction of sp³-hybridized carbons (Fsp3) is 0.462. The van der Waals surface area contributed by atoms with Crippen LogP contribution in [0.4, 0.5) is 5.69 Å². The summed E-state index contributed by atoms with van der Waals surface area (Å²) in [4.78, 5) is 12.2. The molecule has 0 radical (unpaired) electrons. The van der Waals surface area contributed by atoms with Crippen molar-refractivity contribution in [2.45, 2.75) is 32.2 Å². The van der Waals surface area contributed by atoms with Gasteiger partial charge in [-0.3, -0.25) is 4.79 Å². The molecular weight excluding hydrogens is 287 g/mol. The van der Waals surface area contributed by atoms with Gasteiger partial charge in [-0.15, -0.1) is 0 Å². The number of rotatable bonds is 5. The maximum atomic E-state index is 12.2. The molecule has 0 spiro atoms. The van der Waals surface area contributed by atoms with Gasteiger partial charge in [-0.05, 0) is 31.9 Å². The van der Waals surface area contributed by atoms with E-state index in [9.17, 15) is 4.79 Å². The van der Waals surface area contributed by atoms with E-state index in [1.165, 1.54) is 12.1 Å². The van der Waals surface area contributed by atoms with Gasteiger partial charge in [0.25, 0.3) is 5.91 Å². The molecule has 4 N–H and O–H groups in total. The topological polar surface area (TPSA) is 75.3 Å². The molecule has 0 fully saturated rings. The van der Waals surface area contributed by atoms with Crippen LogP contribution < -0.4 is 11.1 Å². The highest BCUT2D eigenvalue weighted by Gasteiger charge is 2.24. The normalized spacial score (nSPS) is 13.9. The Kier molecular flexibility index (Phi) is 5.47. The largest absolute Gasteiger partial charge is 0.397 e. The van der Waals surface area contributed by atoms with Crippen LogP contribution in [0.3, 0.4) is 0 Å². The highest BCUT2D eigenvalue weighted by molar-refractivity contribution is 6.43. The molecule has 0 saturated heterocycles. The van der Waals surface area contributed by atoms with E-state index in [4.69, 9.17) is 34.0 Å². The lowest BCUT2D eigenvalue weighted by molar-refractivity contribution is 0.0886. The highest BCUT2D eigenvalue weighted by Crippen LogP contribution is 2.29. The minimum Gasteiger partial charge on any atom is -0.397 e. The Labute approximate surface area is 122 Å². The van der Waals surface area contributed by atoms with Gasteiger partial charge in [0.2, 0.25) is 0 Å². The van der Waals surface area contributed by atoms with Crippen LogP contribution in [0, 0.1) is 0 Å². The average molecular weight is 305 g/mol. The number of hydrogen-bond acceptors (Lipinski definition) is 3. The van der Waals surface area contributed by atoms with Crippen LogP contribution in [0.5, 0.6) is 0 Å². The van der Waals surface area contributed by atoms with Crippen LogP contribution in [-0.4, -0.2) is 23.2 Å². The van der Waals surface area contributed by atoms with Crippen molar-refractivity contribution in [2.24, 2.45) is 0 Å². The molecule has 1 aromatic carbocycles. The van der Waals surface area contributed by atoms with Gasteiger partial charge in [-0.25, -0.2) is 0 Å². The van der Waals surface area contributed by atoms with Crippen molar-refractivity contribution in [3.8, 4) is 0 Å². The number of anilines is 1. The van der Waals surface area contributed by atoms with E-state index >= 15 is 0 Å². The van der Waals surface area contributed by atoms with E-state index in [0.29, 0.717) is 18.4 Å². The molecule has 0 heterocycles. The van der Waals surface area contributed by atoms with Crippen molar-refractivity contribution in [1.29, 1.82) is 0 Å². The summed E-state index contributed by atoms with van der Waals surface area (Å²) >= 11 is 11.7. The Morgan fingerprint density at radius 1 is 1.47 bits per heavy atom. The monoisotopic (exact) mass is 304 g/mol. The van der Waals surface area contributed by atoms with Gasteiger partial charge in [-0.2, -0.15) is 0 Å². The lowest BCUT2D eigenvalue weighted by atomic mass is 9.94. The van der Waals surface area contributed by atoms with E-state index in [1.54, 1.807) is 0 Å². The third-order valence-corrected chi connectivity index (χ3v) is 3.99. The number of hydrogen-bond donors (Lipinski definition) is 3.